The van der Waals surface area contributed by atoms with Crippen molar-refractivity contribution in [2.24, 2.45) is 0 Å². The highest BCUT2D eigenvalue weighted by atomic mass is 16.5. The van der Waals surface area contributed by atoms with E-state index in [1.54, 1.807) is 21.0 Å². The Bertz CT molecular complexity index is 331. The lowest BCUT2D eigenvalue weighted by atomic mass is 9.96. The number of benzene rings is 1. The molecule has 1 aromatic rings. The Kier molecular flexibility index (Phi) is 3.64. The molecule has 0 heterocycles. The van der Waals surface area contributed by atoms with E-state index in [1.807, 2.05) is 26.0 Å². The third-order valence-corrected chi connectivity index (χ3v) is 1.90. The Hall–Kier alpha value is -1.16. The zero-order chi connectivity index (χ0) is 11.5. The van der Waals surface area contributed by atoms with Gasteiger partial charge in [-0.25, -0.2) is 0 Å². The summed E-state index contributed by atoms with van der Waals surface area (Å²) in [6.45, 7) is 3.65. The fraction of sp³-hybridized carbons (Fsp3) is 0.455. The minimum absolute atomic E-state index is 0.242. The second-order valence-electron chi connectivity index (χ2n) is 4.26. The van der Waals surface area contributed by atoms with Crippen LogP contribution in [0.15, 0.2) is 18.2 Å². The molecule has 0 spiro atoms. The van der Waals surface area contributed by atoms with Crippen LogP contribution in [0.25, 0.3) is 0 Å². The highest BCUT2D eigenvalue weighted by Crippen LogP contribution is 2.25. The number of methoxy groups -OCH3 is 1. The van der Waals surface area contributed by atoms with Gasteiger partial charge in [0.05, 0.1) is 12.7 Å². The molecule has 0 aromatic heterocycles. The third kappa shape index (κ3) is 3.84. The first-order valence-electron chi connectivity index (χ1n) is 4.92. The molecule has 0 atom stereocenters. The monoisotopic (exact) mass is 208 g/mol. The summed E-state index contributed by atoms with van der Waals surface area (Å²) in [5.74, 6) is 1.35. The SMILES string of the molecule is Bc1ccc(OCC(C)(C)O)c(OC)c1. The van der Waals surface area contributed by atoms with Gasteiger partial charge in [-0.3, -0.25) is 0 Å². The number of hydrogen-bond acceptors (Lipinski definition) is 3. The maximum Gasteiger partial charge on any atom is 0.161 e. The molecule has 3 nitrogen and oxygen atoms in total. The number of ether oxygens (including phenoxy) is 2. The van der Waals surface area contributed by atoms with Crippen molar-refractivity contribution in [2.45, 2.75) is 19.4 Å². The van der Waals surface area contributed by atoms with Crippen LogP contribution in [-0.2, 0) is 0 Å². The van der Waals surface area contributed by atoms with Gasteiger partial charge in [0, 0.05) is 0 Å². The van der Waals surface area contributed by atoms with Crippen LogP contribution in [0.1, 0.15) is 13.8 Å². The quantitative estimate of drug-likeness (QED) is 0.713. The van der Waals surface area contributed by atoms with E-state index in [4.69, 9.17) is 9.47 Å². The summed E-state index contributed by atoms with van der Waals surface area (Å²) in [6, 6.07) is 5.70. The van der Waals surface area contributed by atoms with E-state index in [9.17, 15) is 5.11 Å². The summed E-state index contributed by atoms with van der Waals surface area (Å²) in [5.41, 5.74) is 0.276. The van der Waals surface area contributed by atoms with E-state index in [2.05, 4.69) is 0 Å². The molecule has 0 saturated carbocycles. The van der Waals surface area contributed by atoms with Crippen molar-refractivity contribution in [3.8, 4) is 11.5 Å². The molecule has 1 aromatic carbocycles. The van der Waals surface area contributed by atoms with Gasteiger partial charge in [0.25, 0.3) is 0 Å². The van der Waals surface area contributed by atoms with Crippen molar-refractivity contribution >= 4 is 13.3 Å². The van der Waals surface area contributed by atoms with Crippen LogP contribution in [0, 0.1) is 0 Å². The van der Waals surface area contributed by atoms with Crippen LogP contribution in [-0.4, -0.2) is 32.3 Å². The smallest absolute Gasteiger partial charge is 0.161 e. The summed E-state index contributed by atoms with van der Waals surface area (Å²) < 4.78 is 10.7. The molecule has 0 aliphatic carbocycles. The number of aliphatic hydroxyl groups is 1. The van der Waals surface area contributed by atoms with Crippen molar-refractivity contribution in [1.29, 1.82) is 0 Å². The van der Waals surface area contributed by atoms with Gasteiger partial charge in [-0.2, -0.15) is 0 Å². The molecule has 15 heavy (non-hydrogen) atoms. The fourth-order valence-corrected chi connectivity index (χ4v) is 1.15. The van der Waals surface area contributed by atoms with Crippen molar-refractivity contribution in [3.63, 3.8) is 0 Å². The van der Waals surface area contributed by atoms with Gasteiger partial charge in [-0.15, -0.1) is 0 Å². The van der Waals surface area contributed by atoms with Gasteiger partial charge in [0.2, 0.25) is 0 Å². The van der Waals surface area contributed by atoms with Gasteiger partial charge >= 0.3 is 0 Å². The molecule has 0 fully saturated rings. The molecule has 0 bridgehead atoms. The van der Waals surface area contributed by atoms with Crippen LogP contribution in [0.2, 0.25) is 0 Å². The van der Waals surface area contributed by atoms with Gasteiger partial charge < -0.3 is 14.6 Å². The highest BCUT2D eigenvalue weighted by Gasteiger charge is 2.14. The lowest BCUT2D eigenvalue weighted by Gasteiger charge is -2.19. The molecular formula is C11H17BO3. The van der Waals surface area contributed by atoms with Crippen LogP contribution < -0.4 is 14.9 Å². The van der Waals surface area contributed by atoms with E-state index in [0.717, 1.165) is 5.46 Å². The molecule has 4 heteroatoms. The van der Waals surface area contributed by atoms with Gasteiger partial charge in [-0.1, -0.05) is 11.5 Å². The summed E-state index contributed by atoms with van der Waals surface area (Å²) in [6.07, 6.45) is 0. The van der Waals surface area contributed by atoms with Gasteiger partial charge in [0.15, 0.2) is 11.5 Å². The van der Waals surface area contributed by atoms with E-state index >= 15 is 0 Å². The maximum absolute atomic E-state index is 9.53. The average Bonchev–Trinajstić information content (AvgIpc) is 2.14. The van der Waals surface area contributed by atoms with Crippen LogP contribution in [0.4, 0.5) is 0 Å². The normalized spacial score (nSPS) is 11.2. The lowest BCUT2D eigenvalue weighted by Crippen LogP contribution is -2.28. The zero-order valence-corrected chi connectivity index (χ0v) is 9.70. The van der Waals surface area contributed by atoms with E-state index in [-0.39, 0.29) is 6.61 Å². The maximum atomic E-state index is 9.53. The van der Waals surface area contributed by atoms with E-state index in [1.165, 1.54) is 0 Å². The van der Waals surface area contributed by atoms with E-state index in [0.29, 0.717) is 11.5 Å². The topological polar surface area (TPSA) is 38.7 Å². The minimum atomic E-state index is -0.837. The summed E-state index contributed by atoms with van der Waals surface area (Å²) >= 11 is 0. The summed E-state index contributed by atoms with van der Waals surface area (Å²) in [7, 11) is 3.59. The van der Waals surface area contributed by atoms with Gasteiger partial charge in [-0.05, 0) is 26.0 Å². The summed E-state index contributed by atoms with van der Waals surface area (Å²) in [4.78, 5) is 0. The van der Waals surface area contributed by atoms with Crippen molar-refractivity contribution < 1.29 is 14.6 Å². The third-order valence-electron chi connectivity index (χ3n) is 1.90. The minimum Gasteiger partial charge on any atom is -0.493 e. The predicted molar refractivity (Wildman–Crippen MR) is 63.0 cm³/mol. The fourth-order valence-electron chi connectivity index (χ4n) is 1.15. The molecule has 1 N–H and O–H groups in total. The Labute approximate surface area is 91.4 Å². The Morgan fingerprint density at radius 3 is 2.53 bits per heavy atom. The molecular weight excluding hydrogens is 191 g/mol. The van der Waals surface area contributed by atoms with E-state index < -0.39 is 5.60 Å². The van der Waals surface area contributed by atoms with Crippen molar-refractivity contribution in [2.75, 3.05) is 13.7 Å². The second-order valence-corrected chi connectivity index (χ2v) is 4.26. The Morgan fingerprint density at radius 1 is 1.33 bits per heavy atom. The first-order chi connectivity index (χ1) is 6.92. The molecule has 0 amide bonds. The zero-order valence-electron chi connectivity index (χ0n) is 9.70. The standard InChI is InChI=1S/C11H17BO3/c1-11(2,13)7-15-9-5-4-8(12)6-10(9)14-3/h4-6,13H,7,12H2,1-3H3. The summed E-state index contributed by atoms with van der Waals surface area (Å²) in [5, 5.41) is 9.53. The van der Waals surface area contributed by atoms with Crippen molar-refractivity contribution in [3.05, 3.63) is 18.2 Å². The molecule has 1 rings (SSSR count). The molecule has 0 radical (unpaired) electrons. The Balaban J connectivity index is 2.76. The molecule has 0 aliphatic rings. The molecule has 0 unspecified atom stereocenters. The largest absolute Gasteiger partial charge is 0.493 e. The predicted octanol–water partition coefficient (Wildman–Crippen LogP) is 0.103. The Morgan fingerprint density at radius 2 is 2.00 bits per heavy atom. The average molecular weight is 208 g/mol. The number of rotatable bonds is 4. The molecule has 0 saturated heterocycles. The second kappa shape index (κ2) is 4.58. The highest BCUT2D eigenvalue weighted by molar-refractivity contribution is 6.32. The molecule has 82 valence electrons. The van der Waals surface area contributed by atoms with Crippen LogP contribution >= 0.6 is 0 Å². The number of hydrogen-bond donors (Lipinski definition) is 1. The van der Waals surface area contributed by atoms with Gasteiger partial charge in [0.1, 0.15) is 14.5 Å². The van der Waals surface area contributed by atoms with Crippen LogP contribution in [0.3, 0.4) is 0 Å². The van der Waals surface area contributed by atoms with Crippen molar-refractivity contribution in [1.82, 2.24) is 0 Å². The van der Waals surface area contributed by atoms with Crippen LogP contribution in [0.5, 0.6) is 11.5 Å². The molecule has 0 aliphatic heterocycles. The first kappa shape index (κ1) is 11.9. The lowest BCUT2D eigenvalue weighted by molar-refractivity contribution is 0.0276. The first-order valence-corrected chi connectivity index (χ1v) is 4.92.